The van der Waals surface area contributed by atoms with Crippen molar-refractivity contribution in [3.8, 4) is 0 Å². The summed E-state index contributed by atoms with van der Waals surface area (Å²) in [5.74, 6) is -0.281. The topological polar surface area (TPSA) is 104 Å². The number of amides is 1. The molecule has 0 aliphatic heterocycles. The summed E-state index contributed by atoms with van der Waals surface area (Å²) < 4.78 is 2.00. The van der Waals surface area contributed by atoms with Gasteiger partial charge in [-0.2, -0.15) is 5.10 Å². The summed E-state index contributed by atoms with van der Waals surface area (Å²) in [4.78, 5) is 23.7. The monoisotopic (exact) mass is 355 g/mol. The van der Waals surface area contributed by atoms with Crippen molar-refractivity contribution in [1.29, 1.82) is 0 Å². The van der Waals surface area contributed by atoms with Crippen molar-refractivity contribution in [3.05, 3.63) is 46.8 Å². The molecule has 0 fully saturated rings. The number of aryl methyl sites for hydroxylation is 1. The van der Waals surface area contributed by atoms with Crippen LogP contribution in [0.1, 0.15) is 58.3 Å². The lowest BCUT2D eigenvalue weighted by molar-refractivity contribution is 0.0933. The normalized spacial score (nSPS) is 16.3. The van der Waals surface area contributed by atoms with Crippen LogP contribution in [0.25, 0.3) is 0 Å². The fourth-order valence-electron chi connectivity index (χ4n) is 3.41. The van der Waals surface area contributed by atoms with Crippen molar-refractivity contribution < 1.29 is 19.6 Å². The molecule has 1 aromatic heterocycles. The summed E-state index contributed by atoms with van der Waals surface area (Å²) in [5.41, 5.74) is 2.88. The number of nitrogens with one attached hydrogen (secondary N) is 1. The van der Waals surface area contributed by atoms with Crippen LogP contribution in [0.4, 0.5) is 0 Å². The molecule has 0 saturated carbocycles. The van der Waals surface area contributed by atoms with E-state index in [9.17, 15) is 19.6 Å². The van der Waals surface area contributed by atoms with Gasteiger partial charge in [0.1, 0.15) is 6.29 Å². The third-order valence-corrected chi connectivity index (χ3v) is 4.77. The van der Waals surface area contributed by atoms with Gasteiger partial charge in [0.15, 0.2) is 0 Å². The number of aldehydes is 1. The van der Waals surface area contributed by atoms with Gasteiger partial charge in [0.05, 0.1) is 6.20 Å². The molecule has 1 aliphatic rings. The first-order valence-electron chi connectivity index (χ1n) is 8.72. The van der Waals surface area contributed by atoms with Crippen LogP contribution in [0.5, 0.6) is 0 Å². The molecule has 1 atom stereocenters. The summed E-state index contributed by atoms with van der Waals surface area (Å²) in [6, 6.07) is 4.51. The summed E-state index contributed by atoms with van der Waals surface area (Å²) in [5, 5.41) is 26.0. The SMILES string of the molecule is CC(C)n1ncc2c1CC(NC(=O)c1ccc(B(O)O)c(C=O)c1)CC2. The highest BCUT2D eigenvalue weighted by Gasteiger charge is 2.25. The average molecular weight is 355 g/mol. The number of carbonyl (C=O) groups is 2. The molecule has 7 nitrogen and oxygen atoms in total. The fourth-order valence-corrected chi connectivity index (χ4v) is 3.41. The molecule has 1 aromatic carbocycles. The van der Waals surface area contributed by atoms with Gasteiger partial charge in [-0.3, -0.25) is 14.3 Å². The second-order valence-electron chi connectivity index (χ2n) is 6.90. The van der Waals surface area contributed by atoms with Gasteiger partial charge in [-0.25, -0.2) is 0 Å². The van der Waals surface area contributed by atoms with Crippen LogP contribution in [0, 0.1) is 0 Å². The van der Waals surface area contributed by atoms with Crippen molar-refractivity contribution in [3.63, 3.8) is 0 Å². The summed E-state index contributed by atoms with van der Waals surface area (Å²) >= 11 is 0. The maximum Gasteiger partial charge on any atom is 0.489 e. The lowest BCUT2D eigenvalue weighted by Crippen LogP contribution is -2.40. The van der Waals surface area contributed by atoms with E-state index in [2.05, 4.69) is 24.3 Å². The molecule has 0 radical (unpaired) electrons. The number of fused-ring (bicyclic) bond motifs is 1. The highest BCUT2D eigenvalue weighted by Crippen LogP contribution is 2.24. The van der Waals surface area contributed by atoms with Crippen LogP contribution in [0.2, 0.25) is 0 Å². The Balaban J connectivity index is 1.74. The lowest BCUT2D eigenvalue weighted by Gasteiger charge is -2.25. The maximum absolute atomic E-state index is 12.6. The van der Waals surface area contributed by atoms with E-state index in [1.165, 1.54) is 23.8 Å². The van der Waals surface area contributed by atoms with Gasteiger partial charge in [-0.1, -0.05) is 6.07 Å². The predicted molar refractivity (Wildman–Crippen MR) is 97.5 cm³/mol. The zero-order valence-electron chi connectivity index (χ0n) is 14.8. The molecule has 0 spiro atoms. The third-order valence-electron chi connectivity index (χ3n) is 4.77. The molecule has 3 rings (SSSR count). The first-order valence-corrected chi connectivity index (χ1v) is 8.72. The lowest BCUT2D eigenvalue weighted by atomic mass is 9.77. The van der Waals surface area contributed by atoms with E-state index >= 15 is 0 Å². The van der Waals surface area contributed by atoms with Crippen LogP contribution in [0.3, 0.4) is 0 Å². The Morgan fingerprint density at radius 1 is 1.42 bits per heavy atom. The Morgan fingerprint density at radius 3 is 2.85 bits per heavy atom. The molecule has 26 heavy (non-hydrogen) atoms. The van der Waals surface area contributed by atoms with Gasteiger partial charge in [-0.05, 0) is 49.8 Å². The van der Waals surface area contributed by atoms with Crippen LogP contribution in [-0.2, 0) is 12.8 Å². The van der Waals surface area contributed by atoms with E-state index in [0.717, 1.165) is 18.5 Å². The predicted octanol–water partition coefficient (Wildman–Crippen LogP) is 0.244. The van der Waals surface area contributed by atoms with Crippen molar-refractivity contribution >= 4 is 24.8 Å². The molecule has 0 saturated heterocycles. The van der Waals surface area contributed by atoms with Crippen molar-refractivity contribution in [2.75, 3.05) is 0 Å². The second kappa shape index (κ2) is 7.43. The molecular formula is C18H22BN3O4. The number of carbonyl (C=O) groups excluding carboxylic acids is 2. The second-order valence-corrected chi connectivity index (χ2v) is 6.90. The summed E-state index contributed by atoms with van der Waals surface area (Å²) in [7, 11) is -1.75. The Bertz CT molecular complexity index is 832. The number of hydrogen-bond acceptors (Lipinski definition) is 5. The minimum Gasteiger partial charge on any atom is -0.423 e. The van der Waals surface area contributed by atoms with E-state index < -0.39 is 7.12 Å². The van der Waals surface area contributed by atoms with E-state index in [-0.39, 0.29) is 29.0 Å². The van der Waals surface area contributed by atoms with Crippen LogP contribution in [-0.4, -0.2) is 45.2 Å². The zero-order chi connectivity index (χ0) is 18.8. The molecule has 3 N–H and O–H groups in total. The van der Waals surface area contributed by atoms with E-state index in [4.69, 9.17) is 0 Å². The molecule has 2 aromatic rings. The minimum absolute atomic E-state index is 0.00742. The standard InChI is InChI=1S/C18H22BN3O4/c1-11(2)22-17-8-15(5-3-13(17)9-20-22)21-18(24)12-4-6-16(19(25)26)14(7-12)10-23/h4,6-7,9-11,15,25-26H,3,5,8H2,1-2H3,(H,21,24). The van der Waals surface area contributed by atoms with Crippen LogP contribution < -0.4 is 10.8 Å². The number of nitrogens with zero attached hydrogens (tertiary/aromatic N) is 2. The van der Waals surface area contributed by atoms with Gasteiger partial charge in [0, 0.05) is 35.3 Å². The Labute approximate surface area is 152 Å². The molecule has 0 bridgehead atoms. The van der Waals surface area contributed by atoms with Crippen LogP contribution >= 0.6 is 0 Å². The highest BCUT2D eigenvalue weighted by molar-refractivity contribution is 6.60. The Kier molecular flexibility index (Phi) is 5.24. The molecule has 1 amide bonds. The molecule has 8 heteroatoms. The number of hydrogen-bond donors (Lipinski definition) is 3. The minimum atomic E-state index is -1.75. The van der Waals surface area contributed by atoms with Crippen molar-refractivity contribution in [2.45, 2.75) is 45.2 Å². The van der Waals surface area contributed by atoms with Gasteiger partial charge >= 0.3 is 7.12 Å². The van der Waals surface area contributed by atoms with E-state index in [1.54, 1.807) is 0 Å². The summed E-state index contributed by atoms with van der Waals surface area (Å²) in [6.07, 6.45) is 4.83. The molecular weight excluding hydrogens is 333 g/mol. The van der Waals surface area contributed by atoms with Crippen molar-refractivity contribution in [2.24, 2.45) is 0 Å². The van der Waals surface area contributed by atoms with Gasteiger partial charge < -0.3 is 15.4 Å². The number of aromatic nitrogens is 2. The number of rotatable bonds is 5. The summed E-state index contributed by atoms with van der Waals surface area (Å²) in [6.45, 7) is 4.15. The van der Waals surface area contributed by atoms with Gasteiger partial charge in [-0.15, -0.1) is 0 Å². The third kappa shape index (κ3) is 3.56. The molecule has 136 valence electrons. The van der Waals surface area contributed by atoms with Gasteiger partial charge in [0.2, 0.25) is 0 Å². The maximum atomic E-state index is 12.6. The molecule has 1 heterocycles. The fraction of sp³-hybridized carbons (Fsp3) is 0.389. The molecule has 1 aliphatic carbocycles. The van der Waals surface area contributed by atoms with Gasteiger partial charge in [0.25, 0.3) is 5.91 Å². The Morgan fingerprint density at radius 2 is 2.19 bits per heavy atom. The van der Waals surface area contributed by atoms with Crippen molar-refractivity contribution in [1.82, 2.24) is 15.1 Å². The number of benzene rings is 1. The first-order chi connectivity index (χ1) is 12.4. The highest BCUT2D eigenvalue weighted by atomic mass is 16.4. The van der Waals surface area contributed by atoms with E-state index in [1.807, 2.05) is 10.9 Å². The molecule has 1 unspecified atom stereocenters. The quantitative estimate of drug-likeness (QED) is 0.527. The van der Waals surface area contributed by atoms with Crippen LogP contribution in [0.15, 0.2) is 24.4 Å². The van der Waals surface area contributed by atoms with E-state index in [0.29, 0.717) is 18.3 Å². The average Bonchev–Trinajstić information content (AvgIpc) is 3.04. The largest absolute Gasteiger partial charge is 0.489 e. The Hall–Kier alpha value is -2.45. The smallest absolute Gasteiger partial charge is 0.423 e. The zero-order valence-corrected chi connectivity index (χ0v) is 14.8. The first kappa shape index (κ1) is 18.3.